The highest BCUT2D eigenvalue weighted by Crippen LogP contribution is 2.24. The Labute approximate surface area is 90.3 Å². The van der Waals surface area contributed by atoms with Gasteiger partial charge in [0.2, 0.25) is 0 Å². The van der Waals surface area contributed by atoms with E-state index in [1.807, 2.05) is 0 Å². The number of ether oxygens (including phenoxy) is 2. The van der Waals surface area contributed by atoms with Crippen LogP contribution in [-0.4, -0.2) is 17.9 Å². The molecule has 0 radical (unpaired) electrons. The van der Waals surface area contributed by atoms with Gasteiger partial charge in [0.15, 0.2) is 0 Å². The first-order chi connectivity index (χ1) is 7.61. The van der Waals surface area contributed by atoms with Crippen LogP contribution in [0.5, 0.6) is 5.75 Å². The molecule has 1 aliphatic rings. The second-order valence-electron chi connectivity index (χ2n) is 3.01. The molecule has 0 bridgehead atoms. The number of benzene rings is 1. The summed E-state index contributed by atoms with van der Waals surface area (Å²) in [5.74, 6) is -1.91. The molecule has 16 heavy (non-hydrogen) atoms. The maximum atomic E-state index is 11.2. The van der Waals surface area contributed by atoms with Crippen LogP contribution in [0.15, 0.2) is 30.9 Å². The summed E-state index contributed by atoms with van der Waals surface area (Å²) in [6.45, 7) is 3.24. The van der Waals surface area contributed by atoms with Crippen LogP contribution < -0.4 is 4.74 Å². The van der Waals surface area contributed by atoms with Crippen LogP contribution in [0, 0.1) is 0 Å². The zero-order valence-electron chi connectivity index (χ0n) is 8.06. The number of cyclic esters (lactones) is 2. The minimum atomic E-state index is -0.739. The fourth-order valence-electron chi connectivity index (χ4n) is 1.29. The molecule has 0 saturated carbocycles. The van der Waals surface area contributed by atoms with Crippen molar-refractivity contribution in [3.63, 3.8) is 0 Å². The van der Waals surface area contributed by atoms with E-state index in [1.54, 1.807) is 0 Å². The van der Waals surface area contributed by atoms with Crippen molar-refractivity contribution in [2.45, 2.75) is 0 Å². The fraction of sp³-hybridized carbons (Fsp3) is 0. The molecule has 0 atom stereocenters. The van der Waals surface area contributed by atoms with Crippen LogP contribution in [-0.2, 0) is 9.53 Å². The Kier molecular flexibility index (Phi) is 2.28. The van der Waals surface area contributed by atoms with Crippen molar-refractivity contribution in [3.8, 4) is 5.75 Å². The maximum absolute atomic E-state index is 11.2. The predicted molar refractivity (Wildman–Crippen MR) is 52.0 cm³/mol. The van der Waals surface area contributed by atoms with Crippen LogP contribution in [0.25, 0.3) is 0 Å². The summed E-state index contributed by atoms with van der Waals surface area (Å²) in [7, 11) is 0. The highest BCUT2D eigenvalue weighted by atomic mass is 16.6. The van der Waals surface area contributed by atoms with E-state index in [-0.39, 0.29) is 16.9 Å². The third-order valence-electron chi connectivity index (χ3n) is 2.00. The molecule has 80 valence electrons. The van der Waals surface area contributed by atoms with Crippen LogP contribution in [0.3, 0.4) is 0 Å². The van der Waals surface area contributed by atoms with Gasteiger partial charge in [-0.1, -0.05) is 6.58 Å². The van der Waals surface area contributed by atoms with Crippen LogP contribution in [0.1, 0.15) is 20.7 Å². The van der Waals surface area contributed by atoms with Gasteiger partial charge in [-0.3, -0.25) is 0 Å². The summed E-state index contributed by atoms with van der Waals surface area (Å²) in [4.78, 5) is 33.2. The minimum Gasteiger partial charge on any atom is -0.423 e. The van der Waals surface area contributed by atoms with E-state index in [0.717, 1.165) is 6.08 Å². The third-order valence-corrected chi connectivity index (χ3v) is 2.00. The van der Waals surface area contributed by atoms with Crippen LogP contribution >= 0.6 is 0 Å². The molecule has 0 N–H and O–H groups in total. The average Bonchev–Trinajstić information content (AvgIpc) is 2.54. The van der Waals surface area contributed by atoms with Gasteiger partial charge in [-0.2, -0.15) is 0 Å². The van der Waals surface area contributed by atoms with Crippen molar-refractivity contribution >= 4 is 17.9 Å². The lowest BCUT2D eigenvalue weighted by atomic mass is 10.1. The topological polar surface area (TPSA) is 69.7 Å². The Morgan fingerprint density at radius 1 is 1.25 bits per heavy atom. The first kappa shape index (κ1) is 10.1. The summed E-state index contributed by atoms with van der Waals surface area (Å²) in [5.41, 5.74) is 0.266. The number of carbonyl (C=O) groups is 3. The Bertz CT molecular complexity index is 515. The quantitative estimate of drug-likeness (QED) is 0.321. The number of rotatable bonds is 2. The molecule has 0 aliphatic carbocycles. The molecular weight excluding hydrogens is 212 g/mol. The van der Waals surface area contributed by atoms with Crippen molar-refractivity contribution in [2.24, 2.45) is 0 Å². The molecule has 0 unspecified atom stereocenters. The SMILES string of the molecule is C=CC(=O)Oc1ccc2c(c1)C(=O)OC2=O. The van der Waals surface area contributed by atoms with E-state index in [2.05, 4.69) is 11.3 Å². The van der Waals surface area contributed by atoms with E-state index < -0.39 is 17.9 Å². The average molecular weight is 218 g/mol. The highest BCUT2D eigenvalue weighted by molar-refractivity contribution is 6.14. The van der Waals surface area contributed by atoms with Crippen molar-refractivity contribution in [1.82, 2.24) is 0 Å². The Balaban J connectivity index is 2.36. The van der Waals surface area contributed by atoms with E-state index in [9.17, 15) is 14.4 Å². The summed E-state index contributed by atoms with van der Waals surface area (Å²) < 4.78 is 9.18. The van der Waals surface area contributed by atoms with E-state index >= 15 is 0 Å². The molecule has 5 heteroatoms. The van der Waals surface area contributed by atoms with E-state index in [0.29, 0.717) is 0 Å². The number of esters is 3. The van der Waals surface area contributed by atoms with Gasteiger partial charge in [0, 0.05) is 6.08 Å². The van der Waals surface area contributed by atoms with Gasteiger partial charge in [-0.25, -0.2) is 14.4 Å². The van der Waals surface area contributed by atoms with Gasteiger partial charge in [0.1, 0.15) is 5.75 Å². The smallest absolute Gasteiger partial charge is 0.347 e. The number of carbonyl (C=O) groups excluding carboxylic acids is 3. The zero-order chi connectivity index (χ0) is 11.7. The van der Waals surface area contributed by atoms with Crippen molar-refractivity contribution in [3.05, 3.63) is 42.0 Å². The molecule has 0 amide bonds. The minimum absolute atomic E-state index is 0.0966. The fourth-order valence-corrected chi connectivity index (χ4v) is 1.29. The highest BCUT2D eigenvalue weighted by Gasteiger charge is 2.29. The standard InChI is InChI=1S/C11H6O5/c1-2-9(12)15-6-3-4-7-8(5-6)11(14)16-10(7)13/h2-5H,1H2. The Hall–Kier alpha value is -2.43. The van der Waals surface area contributed by atoms with Crippen molar-refractivity contribution < 1.29 is 23.9 Å². The maximum Gasteiger partial charge on any atom is 0.347 e. The molecule has 1 heterocycles. The number of hydrogen-bond donors (Lipinski definition) is 0. The first-order valence-electron chi connectivity index (χ1n) is 4.36. The third kappa shape index (κ3) is 1.58. The largest absolute Gasteiger partial charge is 0.423 e. The van der Waals surface area contributed by atoms with Gasteiger partial charge in [-0.15, -0.1) is 0 Å². The molecule has 0 aromatic heterocycles. The second kappa shape index (κ2) is 3.62. The van der Waals surface area contributed by atoms with E-state index in [1.165, 1.54) is 18.2 Å². The summed E-state index contributed by atoms with van der Waals surface area (Å²) in [6.07, 6.45) is 0.997. The van der Waals surface area contributed by atoms with E-state index in [4.69, 9.17) is 4.74 Å². The predicted octanol–water partition coefficient (Wildman–Crippen LogP) is 1.09. The van der Waals surface area contributed by atoms with Gasteiger partial charge in [-0.05, 0) is 18.2 Å². The molecule has 1 aliphatic heterocycles. The second-order valence-corrected chi connectivity index (χ2v) is 3.01. The molecule has 0 saturated heterocycles. The van der Waals surface area contributed by atoms with Gasteiger partial charge in [0.25, 0.3) is 0 Å². The van der Waals surface area contributed by atoms with Gasteiger partial charge < -0.3 is 9.47 Å². The summed E-state index contributed by atoms with van der Waals surface area (Å²) in [5, 5.41) is 0. The molecule has 0 fully saturated rings. The summed E-state index contributed by atoms with van der Waals surface area (Å²) >= 11 is 0. The lowest BCUT2D eigenvalue weighted by Crippen LogP contribution is -2.04. The monoisotopic (exact) mass is 218 g/mol. The van der Waals surface area contributed by atoms with Crippen molar-refractivity contribution in [1.29, 1.82) is 0 Å². The lowest BCUT2D eigenvalue weighted by Gasteiger charge is -2.01. The lowest BCUT2D eigenvalue weighted by molar-refractivity contribution is -0.128. The number of fused-ring (bicyclic) bond motifs is 1. The zero-order valence-corrected chi connectivity index (χ0v) is 8.06. The van der Waals surface area contributed by atoms with Crippen molar-refractivity contribution in [2.75, 3.05) is 0 Å². The van der Waals surface area contributed by atoms with Crippen LogP contribution in [0.4, 0.5) is 0 Å². The van der Waals surface area contributed by atoms with Gasteiger partial charge in [0.05, 0.1) is 11.1 Å². The molecule has 2 rings (SSSR count). The normalized spacial score (nSPS) is 13.0. The first-order valence-corrected chi connectivity index (χ1v) is 4.36. The molecule has 0 spiro atoms. The summed E-state index contributed by atoms with van der Waals surface area (Å²) in [6, 6.07) is 4.05. The molecule has 1 aromatic carbocycles. The molecular formula is C11H6O5. The Morgan fingerprint density at radius 3 is 2.62 bits per heavy atom. The van der Waals surface area contributed by atoms with Crippen LogP contribution in [0.2, 0.25) is 0 Å². The Morgan fingerprint density at radius 2 is 1.94 bits per heavy atom. The molecule has 1 aromatic rings. The molecule has 5 nitrogen and oxygen atoms in total. The van der Waals surface area contributed by atoms with Gasteiger partial charge >= 0.3 is 17.9 Å². The number of hydrogen-bond acceptors (Lipinski definition) is 5.